The molecular formula is C23H39FN4O5. The van der Waals surface area contributed by atoms with E-state index in [9.17, 15) is 19.1 Å². The van der Waals surface area contributed by atoms with E-state index in [0.29, 0.717) is 25.9 Å². The fourth-order valence-electron chi connectivity index (χ4n) is 2.89. The second-order valence-electron chi connectivity index (χ2n) is 8.22. The van der Waals surface area contributed by atoms with E-state index in [4.69, 9.17) is 9.47 Å². The standard InChI is InChI=1S/C21H33FN4O5.C2H6/c1-20(2,29)14-31-18-13-16(5-6-17(18)22)21(7-8-21)25-24-9-4-12-30-15-26(10-11-27)19(28)23-3;1-2/h5-6,11,13,24-25,29H,4,7-10,12,14-15H2,1-3H3,(H,23,28);1-2H3. The number of halogens is 1. The molecule has 2 rings (SSSR count). The molecule has 0 bridgehead atoms. The molecule has 0 unspecified atom stereocenters. The summed E-state index contributed by atoms with van der Waals surface area (Å²) < 4.78 is 25.0. The van der Waals surface area contributed by atoms with Gasteiger partial charge in [0.25, 0.3) is 0 Å². The van der Waals surface area contributed by atoms with Gasteiger partial charge in [-0.25, -0.2) is 14.6 Å². The highest BCUT2D eigenvalue weighted by Gasteiger charge is 2.44. The van der Waals surface area contributed by atoms with Crippen LogP contribution in [0.2, 0.25) is 0 Å². The Morgan fingerprint density at radius 2 is 2.03 bits per heavy atom. The van der Waals surface area contributed by atoms with Gasteiger partial charge in [0.2, 0.25) is 0 Å². The van der Waals surface area contributed by atoms with E-state index in [0.717, 1.165) is 18.4 Å². The molecule has 1 aromatic rings. The van der Waals surface area contributed by atoms with Crippen molar-refractivity contribution in [2.45, 2.75) is 58.1 Å². The number of nitrogens with one attached hydrogen (secondary N) is 3. The second-order valence-corrected chi connectivity index (χ2v) is 8.22. The largest absolute Gasteiger partial charge is 0.488 e. The second kappa shape index (κ2) is 14.1. The van der Waals surface area contributed by atoms with Crippen LogP contribution in [0.1, 0.15) is 52.5 Å². The van der Waals surface area contributed by atoms with E-state index in [2.05, 4.69) is 16.2 Å². The van der Waals surface area contributed by atoms with E-state index >= 15 is 0 Å². The lowest BCUT2D eigenvalue weighted by Crippen LogP contribution is -2.42. The molecule has 0 aromatic heterocycles. The summed E-state index contributed by atoms with van der Waals surface area (Å²) in [6.45, 7) is 8.25. The van der Waals surface area contributed by atoms with Gasteiger partial charge in [0.1, 0.15) is 19.6 Å². The monoisotopic (exact) mass is 470 g/mol. The summed E-state index contributed by atoms with van der Waals surface area (Å²) in [5.74, 6) is -0.341. The minimum absolute atomic E-state index is 0.00373. The number of amides is 2. The average molecular weight is 471 g/mol. The molecule has 0 aliphatic heterocycles. The molecule has 0 atom stereocenters. The normalized spacial score (nSPS) is 14.0. The lowest BCUT2D eigenvalue weighted by Gasteiger charge is -2.22. The van der Waals surface area contributed by atoms with E-state index in [-0.39, 0.29) is 37.2 Å². The predicted octanol–water partition coefficient (Wildman–Crippen LogP) is 2.29. The third-order valence-electron chi connectivity index (χ3n) is 4.78. The molecule has 2 amide bonds. The Labute approximate surface area is 196 Å². The molecule has 1 fully saturated rings. The lowest BCUT2D eigenvalue weighted by molar-refractivity contribution is -0.109. The average Bonchev–Trinajstić information content (AvgIpc) is 3.58. The zero-order valence-corrected chi connectivity index (χ0v) is 20.4. The third kappa shape index (κ3) is 10.0. The van der Waals surface area contributed by atoms with Crippen LogP contribution < -0.4 is 20.9 Å². The van der Waals surface area contributed by atoms with Gasteiger partial charge in [-0.1, -0.05) is 19.9 Å². The number of carbonyl (C=O) groups is 2. The maximum atomic E-state index is 14.1. The fraction of sp³-hybridized carbons (Fsp3) is 0.652. The van der Waals surface area contributed by atoms with Gasteiger partial charge in [0.15, 0.2) is 11.6 Å². The van der Waals surface area contributed by atoms with Crippen molar-refractivity contribution >= 4 is 12.3 Å². The van der Waals surface area contributed by atoms with Crippen molar-refractivity contribution in [3.63, 3.8) is 0 Å². The molecule has 1 aromatic carbocycles. The number of carbonyl (C=O) groups excluding carboxylic acids is 2. The van der Waals surface area contributed by atoms with Gasteiger partial charge in [-0.2, -0.15) is 0 Å². The highest BCUT2D eigenvalue weighted by Crippen LogP contribution is 2.46. The van der Waals surface area contributed by atoms with Crippen molar-refractivity contribution in [3.8, 4) is 5.75 Å². The SMILES string of the molecule is CC.CNC(=O)N(CC=O)COCCCNNC1(c2ccc(F)c(OCC(C)(C)O)c2)CC1. The number of urea groups is 1. The van der Waals surface area contributed by atoms with Crippen LogP contribution in [0.3, 0.4) is 0 Å². The van der Waals surface area contributed by atoms with Crippen LogP contribution in [0, 0.1) is 5.82 Å². The maximum absolute atomic E-state index is 14.1. The first-order valence-corrected chi connectivity index (χ1v) is 11.3. The van der Waals surface area contributed by atoms with Gasteiger partial charge >= 0.3 is 6.03 Å². The fourth-order valence-corrected chi connectivity index (χ4v) is 2.89. The smallest absolute Gasteiger partial charge is 0.319 e. The van der Waals surface area contributed by atoms with Crippen LogP contribution in [0.15, 0.2) is 18.2 Å². The Bertz CT molecular complexity index is 738. The zero-order valence-electron chi connectivity index (χ0n) is 20.4. The summed E-state index contributed by atoms with van der Waals surface area (Å²) in [7, 11) is 1.49. The molecule has 4 N–H and O–H groups in total. The van der Waals surface area contributed by atoms with E-state index in [1.54, 1.807) is 26.0 Å². The molecule has 188 valence electrons. The molecule has 0 saturated heterocycles. The number of aliphatic hydroxyl groups is 1. The van der Waals surface area contributed by atoms with Crippen LogP contribution in [-0.2, 0) is 15.1 Å². The van der Waals surface area contributed by atoms with Gasteiger partial charge in [-0.05, 0) is 50.8 Å². The van der Waals surface area contributed by atoms with Crippen LogP contribution >= 0.6 is 0 Å². The summed E-state index contributed by atoms with van der Waals surface area (Å²) in [5, 5.41) is 12.2. The van der Waals surface area contributed by atoms with Crippen molar-refractivity contribution < 1.29 is 28.6 Å². The third-order valence-corrected chi connectivity index (χ3v) is 4.78. The van der Waals surface area contributed by atoms with Gasteiger partial charge in [0.05, 0.1) is 24.3 Å². The first-order valence-electron chi connectivity index (χ1n) is 11.3. The molecule has 1 aliphatic rings. The molecular weight excluding hydrogens is 431 g/mol. The molecule has 10 heteroatoms. The maximum Gasteiger partial charge on any atom is 0.319 e. The molecule has 0 radical (unpaired) electrons. The van der Waals surface area contributed by atoms with E-state index in [1.165, 1.54) is 18.0 Å². The minimum atomic E-state index is -1.05. The van der Waals surface area contributed by atoms with Crippen LogP contribution in [0.5, 0.6) is 5.75 Å². The van der Waals surface area contributed by atoms with Crippen LogP contribution in [-0.4, -0.2) is 68.0 Å². The molecule has 33 heavy (non-hydrogen) atoms. The number of hydrogen-bond donors (Lipinski definition) is 4. The van der Waals surface area contributed by atoms with Gasteiger partial charge < -0.3 is 24.7 Å². The lowest BCUT2D eigenvalue weighted by atomic mass is 10.0. The first kappa shape index (κ1) is 28.8. The predicted molar refractivity (Wildman–Crippen MR) is 124 cm³/mol. The van der Waals surface area contributed by atoms with Crippen LogP contribution in [0.4, 0.5) is 9.18 Å². The molecule has 1 aliphatic carbocycles. The van der Waals surface area contributed by atoms with E-state index < -0.39 is 11.4 Å². The van der Waals surface area contributed by atoms with Crippen LogP contribution in [0.25, 0.3) is 0 Å². The van der Waals surface area contributed by atoms with Gasteiger partial charge in [-0.15, -0.1) is 0 Å². The molecule has 9 nitrogen and oxygen atoms in total. The Hall–Kier alpha value is -2.27. The van der Waals surface area contributed by atoms with Crippen molar-refractivity contribution in [1.29, 1.82) is 0 Å². The number of hydrazine groups is 1. The number of ether oxygens (including phenoxy) is 2. The highest BCUT2D eigenvalue weighted by molar-refractivity contribution is 5.76. The summed E-state index contributed by atoms with van der Waals surface area (Å²) in [6, 6.07) is 4.42. The number of rotatable bonds is 14. The van der Waals surface area contributed by atoms with Crippen molar-refractivity contribution in [2.75, 3.05) is 40.1 Å². The topological polar surface area (TPSA) is 112 Å². The quantitative estimate of drug-likeness (QED) is 0.143. The molecule has 0 spiro atoms. The summed E-state index contributed by atoms with van der Waals surface area (Å²) in [6.07, 6.45) is 3.14. The molecule has 1 saturated carbocycles. The molecule has 0 heterocycles. The highest BCUT2D eigenvalue weighted by atomic mass is 19.1. The number of hydrogen-bond acceptors (Lipinski definition) is 7. The number of nitrogens with zero attached hydrogens (tertiary/aromatic N) is 1. The number of benzene rings is 1. The van der Waals surface area contributed by atoms with Crippen molar-refractivity contribution in [1.82, 2.24) is 21.1 Å². The Morgan fingerprint density at radius 3 is 2.61 bits per heavy atom. The van der Waals surface area contributed by atoms with Gasteiger partial charge in [-0.3, -0.25) is 10.3 Å². The minimum Gasteiger partial charge on any atom is -0.488 e. The van der Waals surface area contributed by atoms with Crippen molar-refractivity contribution in [3.05, 3.63) is 29.6 Å². The Kier molecular flexibility index (Phi) is 12.3. The first-order chi connectivity index (χ1) is 15.7. The Morgan fingerprint density at radius 1 is 1.33 bits per heavy atom. The zero-order chi connectivity index (χ0) is 24.9. The Balaban J connectivity index is 0.00000265. The summed E-state index contributed by atoms with van der Waals surface area (Å²) in [4.78, 5) is 23.4. The summed E-state index contributed by atoms with van der Waals surface area (Å²) >= 11 is 0. The van der Waals surface area contributed by atoms with E-state index in [1.807, 2.05) is 13.8 Å². The van der Waals surface area contributed by atoms with Crippen molar-refractivity contribution in [2.24, 2.45) is 0 Å². The number of aldehydes is 1. The van der Waals surface area contributed by atoms with Gasteiger partial charge in [0, 0.05) is 13.6 Å². The summed E-state index contributed by atoms with van der Waals surface area (Å²) in [5.41, 5.74) is 6.06.